The SMILES string of the molecule is CC(C)(C)OC(=O)N1C[C@H](Cc2ccc(-c3ccccc3)cc2)C[C@H]1C(=O)[O-]. The molecule has 1 heterocycles. The lowest BCUT2D eigenvalue weighted by Crippen LogP contribution is -2.48. The monoisotopic (exact) mass is 380 g/mol. The van der Waals surface area contributed by atoms with Gasteiger partial charge in [0.2, 0.25) is 0 Å². The summed E-state index contributed by atoms with van der Waals surface area (Å²) in [7, 11) is 0. The molecular weight excluding hydrogens is 354 g/mol. The predicted octanol–water partition coefficient (Wildman–Crippen LogP) is 3.27. The lowest BCUT2D eigenvalue weighted by Gasteiger charge is -2.28. The molecule has 5 nitrogen and oxygen atoms in total. The van der Waals surface area contributed by atoms with Gasteiger partial charge in [-0.1, -0.05) is 54.6 Å². The van der Waals surface area contributed by atoms with Crippen LogP contribution in [0.15, 0.2) is 54.6 Å². The Bertz CT molecular complexity index is 824. The summed E-state index contributed by atoms with van der Waals surface area (Å²) in [5.41, 5.74) is 2.74. The number of hydrogen-bond donors (Lipinski definition) is 0. The van der Waals surface area contributed by atoms with Gasteiger partial charge < -0.3 is 14.6 Å². The lowest BCUT2D eigenvalue weighted by atomic mass is 9.95. The van der Waals surface area contributed by atoms with Crippen molar-refractivity contribution in [2.45, 2.75) is 45.3 Å². The third-order valence-electron chi connectivity index (χ3n) is 4.87. The number of hydrogen-bond acceptors (Lipinski definition) is 4. The van der Waals surface area contributed by atoms with Crippen LogP contribution >= 0.6 is 0 Å². The molecule has 2 aromatic carbocycles. The fourth-order valence-corrected chi connectivity index (χ4v) is 3.61. The summed E-state index contributed by atoms with van der Waals surface area (Å²) >= 11 is 0. The number of carbonyl (C=O) groups is 2. The summed E-state index contributed by atoms with van der Waals surface area (Å²) in [6, 6.07) is 17.5. The van der Waals surface area contributed by atoms with Crippen LogP contribution in [0.1, 0.15) is 32.8 Å². The molecule has 0 bridgehead atoms. The van der Waals surface area contributed by atoms with Gasteiger partial charge in [0.15, 0.2) is 0 Å². The molecule has 148 valence electrons. The van der Waals surface area contributed by atoms with Crippen LogP contribution in [-0.2, 0) is 16.0 Å². The minimum Gasteiger partial charge on any atom is -0.548 e. The molecule has 0 aliphatic carbocycles. The predicted molar refractivity (Wildman–Crippen MR) is 105 cm³/mol. The van der Waals surface area contributed by atoms with E-state index in [2.05, 4.69) is 36.4 Å². The van der Waals surface area contributed by atoms with Crippen molar-refractivity contribution in [1.29, 1.82) is 0 Å². The standard InChI is InChI=1S/C23H27NO4/c1-23(2,3)28-22(27)24-15-17(14-20(24)21(25)26)13-16-9-11-19(12-10-16)18-7-5-4-6-8-18/h4-12,17,20H,13-15H2,1-3H3,(H,25,26)/p-1/t17-,20+/m1/s1. The number of rotatable bonds is 4. The van der Waals surface area contributed by atoms with Gasteiger partial charge in [-0.15, -0.1) is 0 Å². The highest BCUT2D eigenvalue weighted by Crippen LogP contribution is 2.29. The molecule has 1 aliphatic rings. The maximum Gasteiger partial charge on any atom is 0.410 e. The first-order valence-electron chi connectivity index (χ1n) is 9.58. The van der Waals surface area contributed by atoms with E-state index in [1.165, 1.54) is 4.90 Å². The van der Waals surface area contributed by atoms with Crippen molar-refractivity contribution in [1.82, 2.24) is 4.90 Å². The van der Waals surface area contributed by atoms with Gasteiger partial charge in [-0.3, -0.25) is 4.90 Å². The van der Waals surface area contributed by atoms with Gasteiger partial charge in [0.05, 0.1) is 12.0 Å². The second kappa shape index (κ2) is 8.05. The Kier molecular flexibility index (Phi) is 5.73. The Morgan fingerprint density at radius 2 is 1.64 bits per heavy atom. The minimum atomic E-state index is -1.23. The Morgan fingerprint density at radius 3 is 2.21 bits per heavy atom. The molecule has 28 heavy (non-hydrogen) atoms. The number of nitrogens with zero attached hydrogens (tertiary/aromatic N) is 1. The van der Waals surface area contributed by atoms with Gasteiger partial charge in [0.25, 0.3) is 0 Å². The average Bonchev–Trinajstić information content (AvgIpc) is 3.06. The lowest BCUT2D eigenvalue weighted by molar-refractivity contribution is -0.310. The summed E-state index contributed by atoms with van der Waals surface area (Å²) < 4.78 is 5.36. The molecule has 1 aliphatic heterocycles. The first-order chi connectivity index (χ1) is 13.2. The zero-order chi connectivity index (χ0) is 20.3. The molecule has 0 aromatic heterocycles. The number of carbonyl (C=O) groups excluding carboxylic acids is 2. The van der Waals surface area contributed by atoms with E-state index in [1.807, 2.05) is 18.2 Å². The van der Waals surface area contributed by atoms with Gasteiger partial charge in [-0.25, -0.2) is 4.79 Å². The molecule has 0 saturated carbocycles. The van der Waals surface area contributed by atoms with Gasteiger partial charge in [-0.05, 0) is 56.2 Å². The van der Waals surface area contributed by atoms with Gasteiger partial charge in [-0.2, -0.15) is 0 Å². The Hall–Kier alpha value is -2.82. The Labute approximate surface area is 165 Å². The van der Waals surface area contributed by atoms with E-state index >= 15 is 0 Å². The zero-order valence-corrected chi connectivity index (χ0v) is 16.6. The van der Waals surface area contributed by atoms with Crippen LogP contribution in [0.4, 0.5) is 4.79 Å². The molecule has 1 fully saturated rings. The highest BCUT2D eigenvalue weighted by Gasteiger charge is 2.38. The van der Waals surface area contributed by atoms with Crippen LogP contribution in [0.5, 0.6) is 0 Å². The smallest absolute Gasteiger partial charge is 0.410 e. The van der Waals surface area contributed by atoms with Crippen LogP contribution < -0.4 is 5.11 Å². The quantitative estimate of drug-likeness (QED) is 0.816. The van der Waals surface area contributed by atoms with Gasteiger partial charge in [0, 0.05) is 6.54 Å². The summed E-state index contributed by atoms with van der Waals surface area (Å²) in [4.78, 5) is 25.2. The number of aliphatic carboxylic acids is 1. The van der Waals surface area contributed by atoms with E-state index in [0.717, 1.165) is 16.7 Å². The molecule has 1 amide bonds. The Morgan fingerprint density at radius 1 is 1.04 bits per heavy atom. The molecule has 2 aromatic rings. The van der Waals surface area contributed by atoms with E-state index in [1.54, 1.807) is 20.8 Å². The maximum atomic E-state index is 12.4. The molecule has 3 rings (SSSR count). The third kappa shape index (κ3) is 4.91. The van der Waals surface area contributed by atoms with Crippen LogP contribution in [0.3, 0.4) is 0 Å². The molecule has 5 heteroatoms. The summed E-state index contributed by atoms with van der Waals surface area (Å²) in [5.74, 6) is -1.18. The molecule has 0 radical (unpaired) electrons. The number of carboxylic acid groups (broad SMARTS) is 1. The molecule has 2 atom stereocenters. The van der Waals surface area contributed by atoms with Crippen molar-refractivity contribution in [3.05, 3.63) is 60.2 Å². The Balaban J connectivity index is 1.67. The summed E-state index contributed by atoms with van der Waals surface area (Å²) in [5, 5.41) is 11.5. The topological polar surface area (TPSA) is 69.7 Å². The van der Waals surface area contributed by atoms with E-state index in [9.17, 15) is 14.7 Å². The van der Waals surface area contributed by atoms with E-state index < -0.39 is 23.7 Å². The van der Waals surface area contributed by atoms with Crippen LogP contribution in [0.25, 0.3) is 11.1 Å². The summed E-state index contributed by atoms with van der Waals surface area (Å²) in [6.07, 6.45) is 0.490. The number of likely N-dealkylation sites (tertiary alicyclic amines) is 1. The average molecular weight is 380 g/mol. The third-order valence-corrected chi connectivity index (χ3v) is 4.87. The van der Waals surface area contributed by atoms with Crippen LogP contribution in [0.2, 0.25) is 0 Å². The largest absolute Gasteiger partial charge is 0.548 e. The molecular formula is C23H26NO4-. The zero-order valence-electron chi connectivity index (χ0n) is 16.6. The number of benzene rings is 2. The van der Waals surface area contributed by atoms with E-state index in [-0.39, 0.29) is 5.92 Å². The second-order valence-corrected chi connectivity index (χ2v) is 8.34. The fraction of sp³-hybridized carbons (Fsp3) is 0.391. The van der Waals surface area contributed by atoms with Crippen LogP contribution in [0, 0.1) is 5.92 Å². The molecule has 0 N–H and O–H groups in total. The second-order valence-electron chi connectivity index (χ2n) is 8.34. The van der Waals surface area contributed by atoms with Gasteiger partial charge in [0.1, 0.15) is 5.60 Å². The van der Waals surface area contributed by atoms with Crippen molar-refractivity contribution in [3.63, 3.8) is 0 Å². The minimum absolute atomic E-state index is 0.0537. The highest BCUT2D eigenvalue weighted by molar-refractivity contribution is 5.79. The van der Waals surface area contributed by atoms with Gasteiger partial charge >= 0.3 is 6.09 Å². The maximum absolute atomic E-state index is 12.4. The number of ether oxygens (including phenoxy) is 1. The van der Waals surface area contributed by atoms with Crippen LogP contribution in [-0.4, -0.2) is 35.2 Å². The number of amides is 1. The first-order valence-corrected chi connectivity index (χ1v) is 9.58. The van der Waals surface area contributed by atoms with Crippen molar-refractivity contribution in [3.8, 4) is 11.1 Å². The molecule has 1 saturated heterocycles. The number of carboxylic acids is 1. The van der Waals surface area contributed by atoms with E-state index in [0.29, 0.717) is 19.4 Å². The van der Waals surface area contributed by atoms with Crippen molar-refractivity contribution in [2.75, 3.05) is 6.54 Å². The highest BCUT2D eigenvalue weighted by atomic mass is 16.6. The molecule has 0 spiro atoms. The fourth-order valence-electron chi connectivity index (χ4n) is 3.61. The summed E-state index contributed by atoms with van der Waals surface area (Å²) in [6.45, 7) is 5.65. The molecule has 0 unspecified atom stereocenters. The first kappa shape index (κ1) is 19.9. The normalized spacial score (nSPS) is 19.5. The van der Waals surface area contributed by atoms with E-state index in [4.69, 9.17) is 4.74 Å². The van der Waals surface area contributed by atoms with Crippen molar-refractivity contribution >= 4 is 12.1 Å². The van der Waals surface area contributed by atoms with Crippen molar-refractivity contribution < 1.29 is 19.4 Å². The van der Waals surface area contributed by atoms with Crippen molar-refractivity contribution in [2.24, 2.45) is 5.92 Å².